The lowest BCUT2D eigenvalue weighted by Crippen LogP contribution is -2.47. The number of ether oxygens (including phenoxy) is 1. The summed E-state index contributed by atoms with van der Waals surface area (Å²) < 4.78 is 5.36. The quantitative estimate of drug-likeness (QED) is 0.684. The van der Waals surface area contributed by atoms with E-state index in [1.54, 1.807) is 7.11 Å². The second-order valence-corrected chi connectivity index (χ2v) is 8.71. The molecule has 1 aromatic heterocycles. The van der Waals surface area contributed by atoms with E-state index in [0.717, 1.165) is 25.9 Å². The number of aromatic nitrogens is 1. The van der Waals surface area contributed by atoms with Gasteiger partial charge in [0.25, 0.3) is 11.5 Å². The highest BCUT2D eigenvalue weighted by molar-refractivity contribution is 6.02. The van der Waals surface area contributed by atoms with Gasteiger partial charge in [-0.05, 0) is 43.8 Å². The number of fused-ring (bicyclic) bond motifs is 1. The number of Topliss-reactive ketones (excluding diaryl/α,β-unsaturated/α-hetero) is 1. The summed E-state index contributed by atoms with van der Waals surface area (Å²) in [5.41, 5.74) is 0.347. The number of halogens is 1. The fraction of sp³-hybridized carbons (Fsp3) is 0.650. The van der Waals surface area contributed by atoms with Crippen LogP contribution in [0.4, 0.5) is 0 Å². The Bertz CT molecular complexity index is 792. The zero-order chi connectivity index (χ0) is 19.7. The van der Waals surface area contributed by atoms with Gasteiger partial charge in [0.15, 0.2) is 5.78 Å². The van der Waals surface area contributed by atoms with Crippen LogP contribution >= 0.6 is 12.4 Å². The summed E-state index contributed by atoms with van der Waals surface area (Å²) in [6.07, 6.45) is 2.83. The van der Waals surface area contributed by atoms with Crippen molar-refractivity contribution in [3.63, 3.8) is 0 Å². The van der Waals surface area contributed by atoms with Gasteiger partial charge in [-0.2, -0.15) is 0 Å². The molecule has 0 bridgehead atoms. The van der Waals surface area contributed by atoms with Crippen molar-refractivity contribution in [2.24, 2.45) is 10.8 Å². The molecule has 0 aromatic carbocycles. The Kier molecular flexibility index (Phi) is 7.07. The minimum Gasteiger partial charge on any atom is -0.384 e. The Morgan fingerprint density at radius 3 is 2.54 bits per heavy atom. The predicted octanol–water partition coefficient (Wildman–Crippen LogP) is 1.70. The number of carbonyl (C=O) groups is 2. The maximum Gasteiger partial charge on any atom is 0.261 e. The number of methoxy groups -OCH3 is 1. The molecule has 156 valence electrons. The third-order valence-corrected chi connectivity index (χ3v) is 5.70. The fourth-order valence-electron chi connectivity index (χ4n) is 4.19. The summed E-state index contributed by atoms with van der Waals surface area (Å²) in [6, 6.07) is 1.46. The molecule has 1 amide bonds. The van der Waals surface area contributed by atoms with Gasteiger partial charge in [-0.1, -0.05) is 13.8 Å². The third-order valence-electron chi connectivity index (χ3n) is 5.70. The molecule has 28 heavy (non-hydrogen) atoms. The molecule has 0 saturated carbocycles. The van der Waals surface area contributed by atoms with Crippen LogP contribution in [0, 0.1) is 10.8 Å². The van der Waals surface area contributed by atoms with Crippen LogP contribution in [0.2, 0.25) is 0 Å². The summed E-state index contributed by atoms with van der Waals surface area (Å²) in [4.78, 5) is 40.3. The van der Waals surface area contributed by atoms with Gasteiger partial charge in [0, 0.05) is 36.7 Å². The summed E-state index contributed by atoms with van der Waals surface area (Å²) in [7, 11) is 1.66. The standard InChI is InChI=1S/C20H29N3O4.ClH/c1-19(2)9-15-13(16(24)10-19)8-14(18(26)23-15)17(25)22-11-20(12-27-3)4-6-21-7-5-20;/h8,21H,4-7,9-12H2,1-3H3,(H,22,25)(H,23,26);1H. The minimum absolute atomic E-state index is 0. The summed E-state index contributed by atoms with van der Waals surface area (Å²) in [5.74, 6) is -0.466. The van der Waals surface area contributed by atoms with Gasteiger partial charge in [0.05, 0.1) is 6.61 Å². The lowest BCUT2D eigenvalue weighted by atomic mass is 9.75. The Labute approximate surface area is 171 Å². The van der Waals surface area contributed by atoms with Crippen molar-refractivity contribution in [2.75, 3.05) is 33.4 Å². The van der Waals surface area contributed by atoms with Crippen LogP contribution < -0.4 is 16.2 Å². The predicted molar refractivity (Wildman–Crippen MR) is 109 cm³/mol. The number of nitrogens with one attached hydrogen (secondary N) is 3. The number of pyridine rings is 1. The highest BCUT2D eigenvalue weighted by Crippen LogP contribution is 2.33. The van der Waals surface area contributed by atoms with E-state index >= 15 is 0 Å². The molecule has 3 rings (SSSR count). The van der Waals surface area contributed by atoms with E-state index in [0.29, 0.717) is 37.3 Å². The molecule has 3 N–H and O–H groups in total. The van der Waals surface area contributed by atoms with E-state index in [9.17, 15) is 14.4 Å². The van der Waals surface area contributed by atoms with Crippen molar-refractivity contribution in [1.82, 2.24) is 15.6 Å². The molecule has 0 spiro atoms. The number of hydrogen-bond acceptors (Lipinski definition) is 5. The average molecular weight is 412 g/mol. The van der Waals surface area contributed by atoms with Gasteiger partial charge in [-0.3, -0.25) is 14.4 Å². The maximum absolute atomic E-state index is 12.7. The van der Waals surface area contributed by atoms with Gasteiger partial charge in [-0.15, -0.1) is 12.4 Å². The lowest BCUT2D eigenvalue weighted by molar-refractivity contribution is 0.0511. The maximum atomic E-state index is 12.7. The smallest absolute Gasteiger partial charge is 0.261 e. The first kappa shape index (κ1) is 22.6. The third kappa shape index (κ3) is 4.82. The zero-order valence-electron chi connectivity index (χ0n) is 16.8. The number of ketones is 1. The molecule has 1 fully saturated rings. The first-order valence-electron chi connectivity index (χ1n) is 9.53. The molecule has 2 heterocycles. The number of H-pyrrole nitrogens is 1. The molecule has 2 aliphatic rings. The van der Waals surface area contributed by atoms with Crippen LogP contribution in [-0.2, 0) is 11.2 Å². The molecule has 1 aliphatic carbocycles. The SMILES string of the molecule is COCC1(CNC(=O)c2cc3c([nH]c2=O)CC(C)(C)CC3=O)CCNCC1.Cl. The Morgan fingerprint density at radius 2 is 1.89 bits per heavy atom. The van der Waals surface area contributed by atoms with Crippen molar-refractivity contribution < 1.29 is 14.3 Å². The number of carbonyl (C=O) groups excluding carboxylic acids is 2. The first-order valence-corrected chi connectivity index (χ1v) is 9.53. The van der Waals surface area contributed by atoms with Crippen LogP contribution in [0.25, 0.3) is 0 Å². The monoisotopic (exact) mass is 411 g/mol. The molecule has 1 saturated heterocycles. The molecule has 1 aliphatic heterocycles. The van der Waals surface area contributed by atoms with Crippen LogP contribution in [0.15, 0.2) is 10.9 Å². The minimum atomic E-state index is -0.442. The van der Waals surface area contributed by atoms with Crippen molar-refractivity contribution >= 4 is 24.1 Å². The fourth-order valence-corrected chi connectivity index (χ4v) is 4.19. The molecule has 0 unspecified atom stereocenters. The highest BCUT2D eigenvalue weighted by Gasteiger charge is 2.34. The molecule has 0 atom stereocenters. The van der Waals surface area contributed by atoms with Crippen molar-refractivity contribution in [3.8, 4) is 0 Å². The van der Waals surface area contributed by atoms with Crippen molar-refractivity contribution in [2.45, 2.75) is 39.5 Å². The van der Waals surface area contributed by atoms with Gasteiger partial charge >= 0.3 is 0 Å². The highest BCUT2D eigenvalue weighted by atomic mass is 35.5. The summed E-state index contributed by atoms with van der Waals surface area (Å²) in [6.45, 7) is 6.76. The molecular weight excluding hydrogens is 382 g/mol. The number of amides is 1. The number of rotatable bonds is 5. The van der Waals surface area contributed by atoms with Gasteiger partial charge in [0.2, 0.25) is 0 Å². The van der Waals surface area contributed by atoms with Crippen LogP contribution in [0.1, 0.15) is 59.5 Å². The van der Waals surface area contributed by atoms with Crippen molar-refractivity contribution in [1.29, 1.82) is 0 Å². The topological polar surface area (TPSA) is 100 Å². The Balaban J connectivity index is 0.00000280. The molecular formula is C20H30ClN3O4. The van der Waals surface area contributed by atoms with Gasteiger partial charge in [-0.25, -0.2) is 0 Å². The van der Waals surface area contributed by atoms with E-state index in [1.807, 2.05) is 13.8 Å². The molecule has 0 radical (unpaired) electrons. The van der Waals surface area contributed by atoms with E-state index < -0.39 is 11.5 Å². The normalized spacial score (nSPS) is 20.0. The molecule has 1 aromatic rings. The van der Waals surface area contributed by atoms with Gasteiger partial charge < -0.3 is 20.4 Å². The molecule has 8 heteroatoms. The Morgan fingerprint density at radius 1 is 1.21 bits per heavy atom. The average Bonchev–Trinajstić information content (AvgIpc) is 2.59. The van der Waals surface area contributed by atoms with E-state index in [1.165, 1.54) is 6.07 Å². The largest absolute Gasteiger partial charge is 0.384 e. The Hall–Kier alpha value is -1.70. The summed E-state index contributed by atoms with van der Waals surface area (Å²) >= 11 is 0. The van der Waals surface area contributed by atoms with E-state index in [4.69, 9.17) is 4.74 Å². The zero-order valence-corrected chi connectivity index (χ0v) is 17.6. The van der Waals surface area contributed by atoms with Crippen LogP contribution in [0.5, 0.6) is 0 Å². The van der Waals surface area contributed by atoms with Crippen molar-refractivity contribution in [3.05, 3.63) is 33.2 Å². The van der Waals surface area contributed by atoms with E-state index in [-0.39, 0.29) is 34.6 Å². The number of aromatic amines is 1. The summed E-state index contributed by atoms with van der Waals surface area (Å²) in [5, 5.41) is 6.21. The number of piperidine rings is 1. The van der Waals surface area contributed by atoms with Crippen LogP contribution in [-0.4, -0.2) is 50.0 Å². The van der Waals surface area contributed by atoms with E-state index in [2.05, 4.69) is 15.6 Å². The first-order chi connectivity index (χ1) is 12.8. The molecule has 7 nitrogen and oxygen atoms in total. The van der Waals surface area contributed by atoms with Crippen LogP contribution in [0.3, 0.4) is 0 Å². The second kappa shape index (κ2) is 8.76. The lowest BCUT2D eigenvalue weighted by Gasteiger charge is -2.37. The second-order valence-electron chi connectivity index (χ2n) is 8.71. The number of hydrogen-bond donors (Lipinski definition) is 3. The van der Waals surface area contributed by atoms with Gasteiger partial charge in [0.1, 0.15) is 5.56 Å².